The molecule has 0 heterocycles. The van der Waals surface area contributed by atoms with Crippen LogP contribution in [0.1, 0.15) is 0 Å². The summed E-state index contributed by atoms with van der Waals surface area (Å²) < 4.78 is 0. The van der Waals surface area contributed by atoms with Gasteiger partial charge in [-0.2, -0.15) is 0 Å². The molecule has 0 fully saturated rings. The summed E-state index contributed by atoms with van der Waals surface area (Å²) in [6.07, 6.45) is 0. The predicted molar refractivity (Wildman–Crippen MR) is 16.4 cm³/mol. The van der Waals surface area contributed by atoms with Crippen LogP contribution >= 0.6 is 11.7 Å². The number of thiol groups is 1. The van der Waals surface area contributed by atoms with Gasteiger partial charge in [0.05, 0.1) is 0 Å². The molecular formula is HMo2Ru2S2-. The third-order valence-electron chi connectivity index (χ3n) is 0. The van der Waals surface area contributed by atoms with Crippen molar-refractivity contribution in [2.24, 2.45) is 0 Å². The van der Waals surface area contributed by atoms with Crippen LogP contribution in [-0.4, -0.2) is 0 Å². The van der Waals surface area contributed by atoms with E-state index < -0.39 is 0 Å². The van der Waals surface area contributed by atoms with E-state index in [-0.39, 0.29) is 81.1 Å². The molecule has 0 nitrogen and oxygen atoms in total. The number of rotatable bonds is 0. The summed E-state index contributed by atoms with van der Waals surface area (Å²) in [7, 11) is 0. The van der Waals surface area contributed by atoms with Gasteiger partial charge in [-0.3, -0.25) is 0 Å². The minimum Gasteiger partial charge on any atom is -0.723 e. The molecule has 0 radical (unpaired) electrons. The zero-order valence-electron chi connectivity index (χ0n) is 2.38. The Balaban J connectivity index is -0.000000000833. The van der Waals surface area contributed by atoms with Crippen molar-refractivity contribution < 1.29 is 81.1 Å². The van der Waals surface area contributed by atoms with Crippen molar-refractivity contribution in [1.29, 1.82) is 0 Å². The van der Waals surface area contributed by atoms with Gasteiger partial charge in [0.15, 0.2) is 0 Å². The Kier molecular flexibility index (Phi) is 233. The molecule has 0 rings (SSSR count). The zero-order valence-corrected chi connectivity index (χ0v) is 11.6. The van der Waals surface area contributed by atoms with E-state index in [1.165, 1.54) is 0 Å². The van der Waals surface area contributed by atoms with Gasteiger partial charge < -0.3 is 23.3 Å². The molecule has 6 heavy (non-hydrogen) atoms. The molecule has 0 unspecified atom stereocenters. The molecule has 0 aliphatic carbocycles. The molecule has 0 aromatic heterocycles. The molecule has 0 aromatic carbocycles. The van der Waals surface area contributed by atoms with Crippen LogP contribution in [0.3, 0.4) is 0 Å². The summed E-state index contributed by atoms with van der Waals surface area (Å²) in [6.45, 7) is 0. The minimum absolute atomic E-state index is 0. The van der Waals surface area contributed by atoms with E-state index in [4.69, 9.17) is 0 Å². The van der Waals surface area contributed by atoms with Crippen LogP contribution in [0, 0.1) is 0 Å². The van der Waals surface area contributed by atoms with Crippen LogP contribution in [0.5, 0.6) is 0 Å². The van der Waals surface area contributed by atoms with E-state index >= 15 is 0 Å². The quantitative estimate of drug-likeness (QED) is 0.237. The Labute approximate surface area is 103 Å². The second-order valence-electron chi connectivity index (χ2n) is 0. The van der Waals surface area contributed by atoms with Gasteiger partial charge in [-0.05, 0) is 0 Å². The standard InChI is InChI=1S/2Mo.2Ru.H2S2/c;;;;1-2/h;;;;1-2H/p-1. The molecule has 0 N–H and O–H groups in total. The van der Waals surface area contributed by atoms with Crippen molar-refractivity contribution in [3.63, 3.8) is 0 Å². The molecule has 0 aliphatic heterocycles. The van der Waals surface area contributed by atoms with Gasteiger partial charge in [-0.15, -0.1) is 0 Å². The molecule has 0 atom stereocenters. The average molecular weight is 459 g/mol. The topological polar surface area (TPSA) is 0 Å². The van der Waals surface area contributed by atoms with E-state index in [9.17, 15) is 0 Å². The van der Waals surface area contributed by atoms with E-state index in [1.807, 2.05) is 0 Å². The third-order valence-corrected chi connectivity index (χ3v) is 0. The summed E-state index contributed by atoms with van der Waals surface area (Å²) in [4.78, 5) is 0. The van der Waals surface area contributed by atoms with Gasteiger partial charge in [0, 0.05) is 81.1 Å². The van der Waals surface area contributed by atoms with Gasteiger partial charge >= 0.3 is 0 Å². The summed E-state index contributed by atoms with van der Waals surface area (Å²) in [5.74, 6) is 0. The molecule has 0 bridgehead atoms. The van der Waals surface area contributed by atoms with E-state index in [0.29, 0.717) is 0 Å². The van der Waals surface area contributed by atoms with Crippen LogP contribution < -0.4 is 0 Å². The van der Waals surface area contributed by atoms with E-state index in [0.717, 1.165) is 0 Å². The summed E-state index contributed by atoms with van der Waals surface area (Å²) in [5.41, 5.74) is 0. The van der Waals surface area contributed by atoms with Crippen LogP contribution in [0.25, 0.3) is 0 Å². The molecule has 0 aliphatic rings. The predicted octanol–water partition coefficient (Wildman–Crippen LogP) is 0.368. The first-order valence-electron chi connectivity index (χ1n) is 0.183. The number of hydrogen-bond donors (Lipinski definition) is 1. The van der Waals surface area contributed by atoms with Gasteiger partial charge in [0.1, 0.15) is 0 Å². The largest absolute Gasteiger partial charge is 0.723 e. The fourth-order valence-corrected chi connectivity index (χ4v) is 0. The van der Waals surface area contributed by atoms with E-state index in [2.05, 4.69) is 23.3 Å². The fourth-order valence-electron chi connectivity index (χ4n) is 0. The molecule has 42 valence electrons. The molecule has 0 saturated carbocycles. The average Bonchev–Trinajstić information content (AvgIpc) is 1.00. The third kappa shape index (κ3) is 26.5. The molecule has 0 aromatic rings. The van der Waals surface area contributed by atoms with Crippen molar-refractivity contribution in [3.8, 4) is 0 Å². The van der Waals surface area contributed by atoms with Crippen molar-refractivity contribution in [1.82, 2.24) is 0 Å². The van der Waals surface area contributed by atoms with Crippen LogP contribution in [0.2, 0.25) is 0 Å². The molecule has 0 saturated heterocycles. The second-order valence-corrected chi connectivity index (χ2v) is 0. The molecule has 6 heteroatoms. The van der Waals surface area contributed by atoms with Gasteiger partial charge in [-0.1, -0.05) is 0 Å². The first-order valence-corrected chi connectivity index (χ1v) is 1.64. The van der Waals surface area contributed by atoms with Crippen LogP contribution in [-0.2, 0) is 92.7 Å². The SMILES string of the molecule is [Mo].[Mo].[Ru].[Ru].[S-]S. The maximum absolute atomic E-state index is 3.78. The Hall–Kier alpha value is 3.32. The first kappa shape index (κ1) is 34.6. The van der Waals surface area contributed by atoms with Crippen molar-refractivity contribution in [3.05, 3.63) is 0 Å². The summed E-state index contributed by atoms with van der Waals surface area (Å²) >= 11 is 6.89. The normalized spacial score (nSPS) is 1.00. The fraction of sp³-hybridized carbons (Fsp3) is 0. The van der Waals surface area contributed by atoms with Crippen LogP contribution in [0.15, 0.2) is 0 Å². The van der Waals surface area contributed by atoms with Crippen molar-refractivity contribution in [2.75, 3.05) is 0 Å². The Morgan fingerprint density at radius 1 is 0.833 bits per heavy atom. The van der Waals surface area contributed by atoms with Crippen LogP contribution in [0.4, 0.5) is 0 Å². The smallest absolute Gasteiger partial charge is 0 e. The van der Waals surface area contributed by atoms with E-state index in [1.54, 1.807) is 0 Å². The second kappa shape index (κ2) is 40.4. The van der Waals surface area contributed by atoms with Gasteiger partial charge in [0.2, 0.25) is 0 Å². The summed E-state index contributed by atoms with van der Waals surface area (Å²) in [6, 6.07) is 0. The van der Waals surface area contributed by atoms with Crippen molar-refractivity contribution >= 4 is 23.3 Å². The van der Waals surface area contributed by atoms with Gasteiger partial charge in [-0.25, -0.2) is 0 Å². The van der Waals surface area contributed by atoms with Crippen molar-refractivity contribution in [2.45, 2.75) is 0 Å². The molecule has 0 amide bonds. The Bertz CT molecular complexity index is 9.51. The molecule has 0 spiro atoms. The maximum atomic E-state index is 3.78. The maximum Gasteiger partial charge on any atom is 0 e. The number of hydrogen-bond acceptors (Lipinski definition) is 2. The summed E-state index contributed by atoms with van der Waals surface area (Å²) in [5, 5.41) is 0. The Morgan fingerprint density at radius 3 is 0.833 bits per heavy atom. The zero-order chi connectivity index (χ0) is 2.00. The first-order chi connectivity index (χ1) is 1.00. The Morgan fingerprint density at radius 2 is 0.833 bits per heavy atom. The van der Waals surface area contributed by atoms with Gasteiger partial charge in [0.25, 0.3) is 0 Å². The minimum atomic E-state index is 0. The molecular weight excluding hydrogens is 458 g/mol. The monoisotopic (exact) mass is 465 g/mol.